The summed E-state index contributed by atoms with van der Waals surface area (Å²) in [5.74, 6) is 0. The SMILES string of the molecule is CNC(CCC1CCCO1)Cc1cccs1. The molecular formula is C13H21NOS. The van der Waals surface area contributed by atoms with E-state index in [4.69, 9.17) is 4.74 Å². The molecular weight excluding hydrogens is 218 g/mol. The number of thiophene rings is 1. The maximum Gasteiger partial charge on any atom is 0.0576 e. The van der Waals surface area contributed by atoms with Crippen LogP contribution < -0.4 is 5.32 Å². The Labute approximate surface area is 102 Å². The Balaban J connectivity index is 1.72. The van der Waals surface area contributed by atoms with Gasteiger partial charge in [0, 0.05) is 17.5 Å². The van der Waals surface area contributed by atoms with Gasteiger partial charge in [0.05, 0.1) is 6.10 Å². The lowest BCUT2D eigenvalue weighted by Crippen LogP contribution is -2.28. The maximum absolute atomic E-state index is 5.66. The molecule has 90 valence electrons. The van der Waals surface area contributed by atoms with Gasteiger partial charge >= 0.3 is 0 Å². The van der Waals surface area contributed by atoms with Crippen LogP contribution in [-0.4, -0.2) is 25.8 Å². The van der Waals surface area contributed by atoms with Crippen molar-refractivity contribution in [2.24, 2.45) is 0 Å². The first-order chi connectivity index (χ1) is 7.88. The van der Waals surface area contributed by atoms with E-state index < -0.39 is 0 Å². The van der Waals surface area contributed by atoms with Crippen LogP contribution in [-0.2, 0) is 11.2 Å². The predicted molar refractivity (Wildman–Crippen MR) is 69.1 cm³/mol. The monoisotopic (exact) mass is 239 g/mol. The number of nitrogens with one attached hydrogen (secondary N) is 1. The summed E-state index contributed by atoms with van der Waals surface area (Å²) < 4.78 is 5.66. The van der Waals surface area contributed by atoms with Crippen molar-refractivity contribution in [3.63, 3.8) is 0 Å². The Morgan fingerprint density at radius 2 is 2.56 bits per heavy atom. The summed E-state index contributed by atoms with van der Waals surface area (Å²) in [6.07, 6.45) is 6.62. The Kier molecular flexibility index (Phi) is 4.82. The van der Waals surface area contributed by atoms with Crippen LogP contribution in [0.3, 0.4) is 0 Å². The van der Waals surface area contributed by atoms with Gasteiger partial charge in [-0.15, -0.1) is 11.3 Å². The molecule has 2 nitrogen and oxygen atoms in total. The van der Waals surface area contributed by atoms with Crippen molar-refractivity contribution in [3.05, 3.63) is 22.4 Å². The second-order valence-corrected chi connectivity index (χ2v) is 5.51. The van der Waals surface area contributed by atoms with Crippen molar-refractivity contribution in [1.29, 1.82) is 0 Å². The van der Waals surface area contributed by atoms with Crippen molar-refractivity contribution < 1.29 is 4.74 Å². The molecule has 0 bridgehead atoms. The quantitative estimate of drug-likeness (QED) is 0.824. The number of hydrogen-bond acceptors (Lipinski definition) is 3. The molecule has 2 unspecified atom stereocenters. The second kappa shape index (κ2) is 6.38. The van der Waals surface area contributed by atoms with Gasteiger partial charge in [0.15, 0.2) is 0 Å². The zero-order chi connectivity index (χ0) is 11.2. The van der Waals surface area contributed by atoms with Crippen molar-refractivity contribution >= 4 is 11.3 Å². The van der Waals surface area contributed by atoms with Gasteiger partial charge in [-0.25, -0.2) is 0 Å². The largest absolute Gasteiger partial charge is 0.378 e. The van der Waals surface area contributed by atoms with Crippen LogP contribution in [0.1, 0.15) is 30.6 Å². The van der Waals surface area contributed by atoms with E-state index in [0.717, 1.165) is 13.0 Å². The summed E-state index contributed by atoms with van der Waals surface area (Å²) in [5, 5.41) is 5.57. The second-order valence-electron chi connectivity index (χ2n) is 4.48. The average molecular weight is 239 g/mol. The lowest BCUT2D eigenvalue weighted by Gasteiger charge is -2.17. The molecule has 0 aromatic carbocycles. The molecule has 0 radical (unpaired) electrons. The van der Waals surface area contributed by atoms with E-state index in [9.17, 15) is 0 Å². The summed E-state index contributed by atoms with van der Waals surface area (Å²) >= 11 is 1.85. The van der Waals surface area contributed by atoms with Crippen LogP contribution in [0, 0.1) is 0 Å². The first-order valence-corrected chi connectivity index (χ1v) is 7.07. The molecule has 16 heavy (non-hydrogen) atoms. The number of likely N-dealkylation sites (N-methyl/N-ethyl adjacent to an activating group) is 1. The highest BCUT2D eigenvalue weighted by Crippen LogP contribution is 2.19. The van der Waals surface area contributed by atoms with E-state index in [-0.39, 0.29) is 0 Å². The minimum absolute atomic E-state index is 0.527. The van der Waals surface area contributed by atoms with Crippen LogP contribution >= 0.6 is 11.3 Å². The van der Waals surface area contributed by atoms with Crippen molar-refractivity contribution in [2.45, 2.75) is 44.2 Å². The van der Waals surface area contributed by atoms with Gasteiger partial charge in [0.1, 0.15) is 0 Å². The van der Waals surface area contributed by atoms with Crippen molar-refractivity contribution in [3.8, 4) is 0 Å². The highest BCUT2D eigenvalue weighted by molar-refractivity contribution is 7.09. The van der Waals surface area contributed by atoms with Crippen LogP contribution in [0.2, 0.25) is 0 Å². The third kappa shape index (κ3) is 3.58. The molecule has 1 aromatic rings. The van der Waals surface area contributed by atoms with Gasteiger partial charge in [0.25, 0.3) is 0 Å². The molecule has 3 heteroatoms. The summed E-state index contributed by atoms with van der Waals surface area (Å²) in [6, 6.07) is 4.95. The van der Waals surface area contributed by atoms with Crippen molar-refractivity contribution in [1.82, 2.24) is 5.32 Å². The fourth-order valence-corrected chi connectivity index (χ4v) is 3.07. The molecule has 0 spiro atoms. The zero-order valence-corrected chi connectivity index (χ0v) is 10.8. The van der Waals surface area contributed by atoms with Gasteiger partial charge in [-0.3, -0.25) is 0 Å². The van der Waals surface area contributed by atoms with E-state index in [2.05, 4.69) is 29.9 Å². The van der Waals surface area contributed by atoms with E-state index in [1.807, 2.05) is 11.3 Å². The van der Waals surface area contributed by atoms with Crippen LogP contribution in [0.25, 0.3) is 0 Å². The molecule has 0 saturated carbocycles. The predicted octanol–water partition coefficient (Wildman–Crippen LogP) is 2.84. The average Bonchev–Trinajstić information content (AvgIpc) is 2.97. The van der Waals surface area contributed by atoms with E-state index >= 15 is 0 Å². The first kappa shape index (κ1) is 12.1. The van der Waals surface area contributed by atoms with Gasteiger partial charge in [0.2, 0.25) is 0 Å². The Morgan fingerprint density at radius 3 is 3.19 bits per heavy atom. The standard InChI is InChI=1S/C13H21NOS/c1-14-11(10-13-5-3-9-16-13)6-7-12-4-2-8-15-12/h3,5,9,11-12,14H,2,4,6-8,10H2,1H3. The molecule has 1 aliphatic rings. The van der Waals surface area contributed by atoms with Crippen LogP contribution in [0.4, 0.5) is 0 Å². The fourth-order valence-electron chi connectivity index (χ4n) is 2.28. The van der Waals surface area contributed by atoms with Gasteiger partial charge < -0.3 is 10.1 Å². The highest BCUT2D eigenvalue weighted by atomic mass is 32.1. The topological polar surface area (TPSA) is 21.3 Å². The maximum atomic E-state index is 5.66. The number of hydrogen-bond donors (Lipinski definition) is 1. The summed E-state index contributed by atoms with van der Waals surface area (Å²) in [4.78, 5) is 1.48. The molecule has 2 rings (SSSR count). The van der Waals surface area contributed by atoms with E-state index in [1.165, 1.54) is 30.6 Å². The third-order valence-electron chi connectivity index (χ3n) is 3.30. The Morgan fingerprint density at radius 1 is 1.62 bits per heavy atom. The molecule has 1 fully saturated rings. The van der Waals surface area contributed by atoms with Crippen LogP contribution in [0.5, 0.6) is 0 Å². The lowest BCUT2D eigenvalue weighted by molar-refractivity contribution is 0.0998. The summed E-state index contributed by atoms with van der Waals surface area (Å²) in [5.41, 5.74) is 0. The minimum Gasteiger partial charge on any atom is -0.378 e. The molecule has 1 saturated heterocycles. The minimum atomic E-state index is 0.527. The van der Waals surface area contributed by atoms with Gasteiger partial charge in [-0.1, -0.05) is 6.07 Å². The Hall–Kier alpha value is -0.380. The van der Waals surface area contributed by atoms with Crippen molar-refractivity contribution in [2.75, 3.05) is 13.7 Å². The smallest absolute Gasteiger partial charge is 0.0576 e. The highest BCUT2D eigenvalue weighted by Gasteiger charge is 2.17. The lowest BCUT2D eigenvalue weighted by atomic mass is 10.0. The number of rotatable bonds is 6. The first-order valence-electron chi connectivity index (χ1n) is 6.19. The fraction of sp³-hybridized carbons (Fsp3) is 0.692. The number of ether oxygens (including phenoxy) is 1. The van der Waals surface area contributed by atoms with E-state index in [1.54, 1.807) is 0 Å². The molecule has 1 N–H and O–H groups in total. The van der Waals surface area contributed by atoms with Gasteiger partial charge in [-0.05, 0) is 50.6 Å². The molecule has 0 amide bonds. The molecule has 1 aliphatic heterocycles. The summed E-state index contributed by atoms with van der Waals surface area (Å²) in [6.45, 7) is 0.972. The van der Waals surface area contributed by atoms with Crippen LogP contribution in [0.15, 0.2) is 17.5 Å². The molecule has 1 aromatic heterocycles. The Bertz CT molecular complexity index is 280. The molecule has 0 aliphatic carbocycles. The molecule has 2 atom stereocenters. The third-order valence-corrected chi connectivity index (χ3v) is 4.20. The summed E-state index contributed by atoms with van der Waals surface area (Å²) in [7, 11) is 2.06. The van der Waals surface area contributed by atoms with Gasteiger partial charge in [-0.2, -0.15) is 0 Å². The normalized spacial score (nSPS) is 22.4. The van der Waals surface area contributed by atoms with E-state index in [0.29, 0.717) is 12.1 Å². The molecule has 2 heterocycles. The zero-order valence-electron chi connectivity index (χ0n) is 9.95.